The van der Waals surface area contributed by atoms with Gasteiger partial charge in [-0.15, -0.1) is 0 Å². The number of thioether (sulfide) groups is 2. The van der Waals surface area contributed by atoms with Crippen molar-refractivity contribution in [3.63, 3.8) is 0 Å². The number of ketones is 1. The molecule has 2 aromatic rings. The summed E-state index contributed by atoms with van der Waals surface area (Å²) in [5.74, 6) is 0.0752. The van der Waals surface area contributed by atoms with Crippen molar-refractivity contribution in [1.82, 2.24) is 0 Å². The van der Waals surface area contributed by atoms with Crippen LogP contribution in [-0.2, 0) is 5.75 Å². The van der Waals surface area contributed by atoms with E-state index >= 15 is 0 Å². The second-order valence-electron chi connectivity index (χ2n) is 4.54. The van der Waals surface area contributed by atoms with Gasteiger partial charge in [-0.25, -0.2) is 4.39 Å². The summed E-state index contributed by atoms with van der Waals surface area (Å²) in [5.41, 5.74) is 1.53. The van der Waals surface area contributed by atoms with Gasteiger partial charge in [0.05, 0.1) is 0 Å². The number of nitriles is 1. The first-order valence-corrected chi connectivity index (χ1v) is 8.82. The molecule has 0 saturated carbocycles. The zero-order chi connectivity index (χ0) is 17.2. The molecule has 0 bridgehead atoms. The van der Waals surface area contributed by atoms with Gasteiger partial charge in [0.2, 0.25) is 6.19 Å². The fraction of sp³-hybridized carbons (Fsp3) is 0.0556. The Balaban J connectivity index is 1.91. The molecule has 0 aromatic heterocycles. The average Bonchev–Trinajstić information content (AvgIpc) is 2.61. The number of hydrogen-bond acceptors (Lipinski definition) is 5. The van der Waals surface area contributed by atoms with Crippen LogP contribution in [0.1, 0.15) is 15.9 Å². The van der Waals surface area contributed by atoms with E-state index in [-0.39, 0.29) is 11.6 Å². The molecule has 120 valence electrons. The van der Waals surface area contributed by atoms with Crippen molar-refractivity contribution in [2.24, 2.45) is 4.99 Å². The smallest absolute Gasteiger partial charge is 0.207 e. The van der Waals surface area contributed by atoms with Crippen LogP contribution < -0.4 is 0 Å². The lowest BCUT2D eigenvalue weighted by atomic mass is 10.1. The number of benzene rings is 2. The Hall–Kier alpha value is -2.36. The molecule has 0 aliphatic carbocycles. The average molecular weight is 356 g/mol. The molecule has 24 heavy (non-hydrogen) atoms. The maximum absolute atomic E-state index is 12.8. The molecule has 0 amide bonds. The van der Waals surface area contributed by atoms with Crippen LogP contribution in [0.15, 0.2) is 71.1 Å². The summed E-state index contributed by atoms with van der Waals surface area (Å²) >= 11 is 2.63. The highest BCUT2D eigenvalue weighted by Gasteiger charge is 2.04. The number of halogens is 1. The molecule has 0 fully saturated rings. The monoisotopic (exact) mass is 356 g/mol. The largest absolute Gasteiger partial charge is 0.289 e. The second kappa shape index (κ2) is 9.71. The first kappa shape index (κ1) is 18.0. The summed E-state index contributed by atoms with van der Waals surface area (Å²) in [4.78, 5) is 15.7. The number of aliphatic imine (C=N–C) groups is 1. The van der Waals surface area contributed by atoms with Crippen LogP contribution in [0.3, 0.4) is 0 Å². The van der Waals surface area contributed by atoms with Gasteiger partial charge in [-0.2, -0.15) is 10.3 Å². The molecule has 0 aliphatic rings. The van der Waals surface area contributed by atoms with Gasteiger partial charge >= 0.3 is 0 Å². The summed E-state index contributed by atoms with van der Waals surface area (Å²) in [5, 5.41) is 10.3. The highest BCUT2D eigenvalue weighted by molar-refractivity contribution is 8.39. The molecular weight excluding hydrogens is 343 g/mol. The summed E-state index contributed by atoms with van der Waals surface area (Å²) in [6, 6.07) is 15.2. The Bertz CT molecular complexity index is 781. The number of allylic oxidation sites excluding steroid dienone is 1. The minimum Gasteiger partial charge on any atom is -0.289 e. The lowest BCUT2D eigenvalue weighted by Crippen LogP contribution is -1.94. The number of hydrogen-bond donors (Lipinski definition) is 0. The summed E-state index contributed by atoms with van der Waals surface area (Å²) in [7, 11) is 0. The van der Waals surface area contributed by atoms with Crippen LogP contribution in [0.5, 0.6) is 0 Å². The van der Waals surface area contributed by atoms with Crippen molar-refractivity contribution in [3.05, 3.63) is 83.0 Å². The summed E-state index contributed by atoms with van der Waals surface area (Å²) < 4.78 is 13.4. The Kier molecular flexibility index (Phi) is 7.27. The minimum atomic E-state index is -0.384. The van der Waals surface area contributed by atoms with Crippen LogP contribution in [-0.4, -0.2) is 10.2 Å². The molecule has 0 radical (unpaired) electrons. The van der Waals surface area contributed by atoms with E-state index in [0.717, 1.165) is 5.56 Å². The van der Waals surface area contributed by atoms with Crippen LogP contribution in [0, 0.1) is 17.3 Å². The minimum absolute atomic E-state index is 0.230. The van der Waals surface area contributed by atoms with E-state index in [4.69, 9.17) is 5.26 Å². The van der Waals surface area contributed by atoms with Gasteiger partial charge < -0.3 is 0 Å². The fourth-order valence-electron chi connectivity index (χ4n) is 1.72. The highest BCUT2D eigenvalue weighted by Crippen LogP contribution is 2.22. The number of carbonyl (C=O) groups excluding carboxylic acids is 1. The molecule has 0 spiro atoms. The maximum atomic E-state index is 12.8. The van der Waals surface area contributed by atoms with Crippen LogP contribution in [0.25, 0.3) is 0 Å². The maximum Gasteiger partial charge on any atom is 0.207 e. The van der Waals surface area contributed by atoms with Gasteiger partial charge in [0.15, 0.2) is 5.78 Å². The van der Waals surface area contributed by atoms with Gasteiger partial charge in [0.1, 0.15) is 10.2 Å². The second-order valence-corrected chi connectivity index (χ2v) is 6.66. The van der Waals surface area contributed by atoms with Crippen LogP contribution >= 0.6 is 23.5 Å². The van der Waals surface area contributed by atoms with Crippen molar-refractivity contribution in [2.75, 3.05) is 0 Å². The number of nitrogens with zero attached hydrogens (tertiary/aromatic N) is 2. The summed E-state index contributed by atoms with van der Waals surface area (Å²) in [6.07, 6.45) is 3.15. The van der Waals surface area contributed by atoms with Crippen LogP contribution in [0.2, 0.25) is 0 Å². The first-order chi connectivity index (χ1) is 11.7. The normalized spacial score (nSPS) is 11.4. The fourth-order valence-corrected chi connectivity index (χ4v) is 3.32. The third-order valence-electron chi connectivity index (χ3n) is 2.86. The van der Waals surface area contributed by atoms with Crippen molar-refractivity contribution in [2.45, 2.75) is 5.75 Å². The van der Waals surface area contributed by atoms with Crippen molar-refractivity contribution >= 4 is 33.7 Å². The molecule has 0 atom stereocenters. The van der Waals surface area contributed by atoms with Gasteiger partial charge in [0, 0.05) is 11.3 Å². The predicted molar refractivity (Wildman–Crippen MR) is 98.2 cm³/mol. The van der Waals surface area contributed by atoms with E-state index in [9.17, 15) is 9.18 Å². The zero-order valence-corrected chi connectivity index (χ0v) is 14.2. The number of carbonyl (C=O) groups is 1. The SMILES string of the molecule is N#CN=C(SC=CC(=O)c1ccc(F)cc1)SCc1ccccc1. The van der Waals surface area contributed by atoms with E-state index in [1.165, 1.54) is 53.9 Å². The zero-order valence-electron chi connectivity index (χ0n) is 12.6. The molecule has 3 nitrogen and oxygen atoms in total. The highest BCUT2D eigenvalue weighted by atomic mass is 32.2. The van der Waals surface area contributed by atoms with Gasteiger partial charge in [-0.1, -0.05) is 53.9 Å². The molecule has 0 aliphatic heterocycles. The molecule has 0 N–H and O–H groups in total. The standard InChI is InChI=1S/C18H13FN2OS2/c19-16-8-6-15(7-9-16)17(22)10-11-23-18(21-13-20)24-12-14-4-2-1-3-5-14/h1-11H,12H2. The Morgan fingerprint density at radius 1 is 1.17 bits per heavy atom. The van der Waals surface area contributed by atoms with E-state index in [1.54, 1.807) is 11.6 Å². The van der Waals surface area contributed by atoms with E-state index in [0.29, 0.717) is 15.7 Å². The quantitative estimate of drug-likeness (QED) is 0.248. The Morgan fingerprint density at radius 2 is 1.88 bits per heavy atom. The first-order valence-electron chi connectivity index (χ1n) is 6.95. The van der Waals surface area contributed by atoms with Gasteiger partial charge in [-0.3, -0.25) is 4.79 Å². The molecule has 2 aromatic carbocycles. The predicted octanol–water partition coefficient (Wildman–Crippen LogP) is 5.03. The third-order valence-corrected chi connectivity index (χ3v) is 4.89. The van der Waals surface area contributed by atoms with Gasteiger partial charge in [-0.05, 0) is 41.3 Å². The van der Waals surface area contributed by atoms with Crippen molar-refractivity contribution in [3.8, 4) is 6.19 Å². The third kappa shape index (κ3) is 6.03. The van der Waals surface area contributed by atoms with Crippen molar-refractivity contribution in [1.29, 1.82) is 5.26 Å². The Morgan fingerprint density at radius 3 is 2.54 bits per heavy atom. The van der Waals surface area contributed by atoms with E-state index in [2.05, 4.69) is 4.99 Å². The van der Waals surface area contributed by atoms with E-state index < -0.39 is 0 Å². The molecule has 2 rings (SSSR count). The van der Waals surface area contributed by atoms with Crippen LogP contribution in [0.4, 0.5) is 4.39 Å². The molecule has 0 unspecified atom stereocenters. The summed E-state index contributed by atoms with van der Waals surface area (Å²) in [6.45, 7) is 0. The lowest BCUT2D eigenvalue weighted by Gasteiger charge is -2.01. The van der Waals surface area contributed by atoms with E-state index in [1.807, 2.05) is 30.3 Å². The molecule has 0 saturated heterocycles. The molecule has 6 heteroatoms. The van der Waals surface area contributed by atoms with Crippen molar-refractivity contribution < 1.29 is 9.18 Å². The number of rotatable bonds is 5. The Labute approximate surface area is 148 Å². The molecular formula is C18H13FN2OS2. The lowest BCUT2D eigenvalue weighted by molar-refractivity contribution is 0.104. The molecule has 0 heterocycles. The van der Waals surface area contributed by atoms with Gasteiger partial charge in [0.25, 0.3) is 0 Å². The topological polar surface area (TPSA) is 53.2 Å².